The van der Waals surface area contributed by atoms with Gasteiger partial charge in [0.25, 0.3) is 0 Å². The third kappa shape index (κ3) is 11.3. The maximum Gasteiger partial charge on any atom is 0.217 e. The minimum atomic E-state index is -0.321. The molecule has 2 N–H and O–H groups in total. The summed E-state index contributed by atoms with van der Waals surface area (Å²) in [5.41, 5.74) is 10.2. The number of unbranched alkanes of at least 4 members (excludes halogenated alkanes) is 5. The Morgan fingerprint density at radius 2 is 1.77 bits per heavy atom. The zero-order valence-electron chi connectivity index (χ0n) is 22.4. The molecule has 0 aromatic heterocycles. The van der Waals surface area contributed by atoms with E-state index in [1.54, 1.807) is 6.92 Å². The molecule has 0 spiro atoms. The predicted molar refractivity (Wildman–Crippen MR) is 151 cm³/mol. The van der Waals surface area contributed by atoms with Crippen molar-refractivity contribution >= 4 is 29.0 Å². The molecule has 2 rings (SSSR count). The van der Waals surface area contributed by atoms with Crippen molar-refractivity contribution in [2.75, 3.05) is 4.90 Å². The van der Waals surface area contributed by atoms with E-state index in [9.17, 15) is 9.59 Å². The Morgan fingerprint density at radius 1 is 1.09 bits per heavy atom. The summed E-state index contributed by atoms with van der Waals surface area (Å²) in [6.07, 6.45) is 18.6. The maximum absolute atomic E-state index is 11.8. The largest absolute Gasteiger partial charge is 0.370 e. The Labute approximate surface area is 218 Å². The lowest BCUT2D eigenvalue weighted by Crippen LogP contribution is -2.26. The van der Waals surface area contributed by atoms with Crippen LogP contribution in [0.1, 0.15) is 108 Å². The van der Waals surface area contributed by atoms with Crippen LogP contribution in [-0.2, 0) is 4.79 Å². The van der Waals surface area contributed by atoms with Gasteiger partial charge in [-0.2, -0.15) is 0 Å². The summed E-state index contributed by atoms with van der Waals surface area (Å²) in [4.78, 5) is 25.4. The summed E-state index contributed by atoms with van der Waals surface area (Å²) >= 11 is 6.39. The number of aryl methyl sites for hydroxylation is 1. The molecule has 1 amide bonds. The lowest BCUT2D eigenvalue weighted by atomic mass is 10.0. The molecule has 194 valence electrons. The first kappa shape index (κ1) is 30.7. The van der Waals surface area contributed by atoms with Crippen LogP contribution >= 0.6 is 11.6 Å². The van der Waals surface area contributed by atoms with Gasteiger partial charge in [0, 0.05) is 35.5 Å². The van der Waals surface area contributed by atoms with E-state index < -0.39 is 0 Å². The Hall–Kier alpha value is -2.33. The van der Waals surface area contributed by atoms with Crippen LogP contribution in [0, 0.1) is 6.92 Å². The number of anilines is 1. The summed E-state index contributed by atoms with van der Waals surface area (Å²) in [7, 11) is 0. The van der Waals surface area contributed by atoms with E-state index >= 15 is 0 Å². The minimum absolute atomic E-state index is 0.0392. The SMILES string of the molecule is CCC/C=C(\CCC(N)=O)N(C1=CC=CC(Cl)C1)c1ccc(C(C)=O)cc1C.CCCCCCC. The van der Waals surface area contributed by atoms with Gasteiger partial charge < -0.3 is 10.6 Å². The van der Waals surface area contributed by atoms with Crippen LogP contribution in [0.25, 0.3) is 0 Å². The van der Waals surface area contributed by atoms with Gasteiger partial charge in [-0.15, -0.1) is 11.6 Å². The molecule has 0 radical (unpaired) electrons. The van der Waals surface area contributed by atoms with Crippen LogP contribution < -0.4 is 10.6 Å². The number of hydrogen-bond donors (Lipinski definition) is 1. The molecule has 1 aromatic rings. The Balaban J connectivity index is 0.000000762. The standard InChI is InChI=1S/C23H29ClN2O2.C7H16/c1-4-5-8-20(11-13-23(25)28)26(21-9-6-7-19(24)15-21)22-12-10-18(17(3)27)14-16(22)2;1-3-5-7-6-4-2/h6-10,12,14,19H,4-5,11,13,15H2,1-3H3,(H2,25,28);3-7H2,1-2H3/b20-8+;. The fourth-order valence-electron chi connectivity index (χ4n) is 3.95. The molecule has 0 saturated heterocycles. The monoisotopic (exact) mass is 500 g/mol. The third-order valence-electron chi connectivity index (χ3n) is 5.93. The van der Waals surface area contributed by atoms with Gasteiger partial charge in [-0.1, -0.05) is 77.5 Å². The van der Waals surface area contributed by atoms with E-state index in [1.807, 2.05) is 37.3 Å². The fraction of sp³-hybridized carbons (Fsp3) is 0.533. The Kier molecular flexibility index (Phi) is 15.0. The molecule has 5 heteroatoms. The van der Waals surface area contributed by atoms with Crippen molar-refractivity contribution in [2.24, 2.45) is 5.73 Å². The van der Waals surface area contributed by atoms with Crippen molar-refractivity contribution in [1.82, 2.24) is 0 Å². The average molecular weight is 501 g/mol. The molecule has 1 aliphatic carbocycles. The number of carbonyl (C=O) groups is 2. The number of alkyl halides is 1. The fourth-order valence-corrected chi connectivity index (χ4v) is 4.19. The normalized spacial score (nSPS) is 15.2. The van der Waals surface area contributed by atoms with Gasteiger partial charge >= 0.3 is 0 Å². The molecule has 0 saturated carbocycles. The van der Waals surface area contributed by atoms with Crippen LogP contribution in [0.15, 0.2) is 53.9 Å². The van der Waals surface area contributed by atoms with Crippen LogP contribution in [0.4, 0.5) is 5.69 Å². The highest BCUT2D eigenvalue weighted by Gasteiger charge is 2.22. The van der Waals surface area contributed by atoms with Gasteiger partial charge in [0.2, 0.25) is 5.91 Å². The zero-order chi connectivity index (χ0) is 26.2. The first-order valence-electron chi connectivity index (χ1n) is 13.1. The van der Waals surface area contributed by atoms with E-state index in [2.05, 4.69) is 37.8 Å². The smallest absolute Gasteiger partial charge is 0.217 e. The number of primary amides is 1. The summed E-state index contributed by atoms with van der Waals surface area (Å²) in [5.74, 6) is -0.281. The molecular weight excluding hydrogens is 456 g/mol. The molecule has 1 aliphatic rings. The van der Waals surface area contributed by atoms with E-state index in [0.717, 1.165) is 35.5 Å². The molecule has 0 aliphatic heterocycles. The summed E-state index contributed by atoms with van der Waals surface area (Å²) in [6, 6.07) is 5.73. The highest BCUT2D eigenvalue weighted by atomic mass is 35.5. The number of carbonyl (C=O) groups excluding carboxylic acids is 2. The summed E-state index contributed by atoms with van der Waals surface area (Å²) in [6.45, 7) is 10.2. The molecule has 0 fully saturated rings. The number of ketones is 1. The van der Waals surface area contributed by atoms with Crippen molar-refractivity contribution in [3.8, 4) is 0 Å². The van der Waals surface area contributed by atoms with E-state index in [4.69, 9.17) is 17.3 Å². The van der Waals surface area contributed by atoms with Gasteiger partial charge in [-0.3, -0.25) is 9.59 Å². The zero-order valence-corrected chi connectivity index (χ0v) is 23.2. The second-order valence-corrected chi connectivity index (χ2v) is 9.73. The van der Waals surface area contributed by atoms with Crippen LogP contribution in [0.5, 0.6) is 0 Å². The maximum atomic E-state index is 11.8. The number of nitrogens with zero attached hydrogens (tertiary/aromatic N) is 1. The quantitative estimate of drug-likeness (QED) is 0.168. The number of Topliss-reactive ketones (excluding diaryl/α,β-unsaturated/α-hetero) is 1. The first-order chi connectivity index (χ1) is 16.7. The number of nitrogens with two attached hydrogens (primary N) is 1. The summed E-state index contributed by atoms with van der Waals surface area (Å²) in [5, 5.41) is -0.0807. The number of hydrogen-bond acceptors (Lipinski definition) is 3. The number of allylic oxidation sites excluding steroid dienone is 6. The van der Waals surface area contributed by atoms with E-state index in [0.29, 0.717) is 18.4 Å². The molecule has 1 aromatic carbocycles. The van der Waals surface area contributed by atoms with E-state index in [1.165, 1.54) is 32.1 Å². The molecule has 35 heavy (non-hydrogen) atoms. The Morgan fingerprint density at radius 3 is 2.29 bits per heavy atom. The second kappa shape index (κ2) is 17.2. The molecular formula is C30H45ClN2O2. The van der Waals surface area contributed by atoms with Crippen molar-refractivity contribution in [3.63, 3.8) is 0 Å². The molecule has 0 heterocycles. The third-order valence-corrected chi connectivity index (χ3v) is 6.23. The molecule has 1 atom stereocenters. The highest BCUT2D eigenvalue weighted by molar-refractivity contribution is 6.22. The van der Waals surface area contributed by atoms with Gasteiger partial charge in [-0.25, -0.2) is 0 Å². The Bertz CT molecular complexity index is 898. The van der Waals surface area contributed by atoms with Gasteiger partial charge in [0.1, 0.15) is 0 Å². The molecule has 1 unspecified atom stereocenters. The van der Waals surface area contributed by atoms with Crippen LogP contribution in [-0.4, -0.2) is 17.1 Å². The van der Waals surface area contributed by atoms with Gasteiger partial charge in [0.15, 0.2) is 5.78 Å². The first-order valence-corrected chi connectivity index (χ1v) is 13.6. The van der Waals surface area contributed by atoms with E-state index in [-0.39, 0.29) is 23.5 Å². The lowest BCUT2D eigenvalue weighted by molar-refractivity contribution is -0.118. The van der Waals surface area contributed by atoms with Crippen molar-refractivity contribution in [3.05, 3.63) is 65.0 Å². The van der Waals surface area contributed by atoms with Crippen molar-refractivity contribution in [2.45, 2.75) is 104 Å². The van der Waals surface area contributed by atoms with Crippen LogP contribution in [0.3, 0.4) is 0 Å². The second-order valence-electron chi connectivity index (χ2n) is 9.17. The number of rotatable bonds is 13. The molecule has 4 nitrogen and oxygen atoms in total. The van der Waals surface area contributed by atoms with Gasteiger partial charge in [-0.05, 0) is 56.5 Å². The van der Waals surface area contributed by atoms with Crippen molar-refractivity contribution < 1.29 is 9.59 Å². The number of benzene rings is 1. The summed E-state index contributed by atoms with van der Waals surface area (Å²) < 4.78 is 0. The number of halogens is 1. The van der Waals surface area contributed by atoms with Crippen LogP contribution in [0.2, 0.25) is 0 Å². The molecule has 0 bridgehead atoms. The highest BCUT2D eigenvalue weighted by Crippen LogP contribution is 2.34. The topological polar surface area (TPSA) is 63.4 Å². The lowest BCUT2D eigenvalue weighted by Gasteiger charge is -2.33. The average Bonchev–Trinajstić information content (AvgIpc) is 2.82. The van der Waals surface area contributed by atoms with Gasteiger partial charge in [0.05, 0.1) is 5.38 Å². The number of amides is 1. The van der Waals surface area contributed by atoms with Crippen molar-refractivity contribution in [1.29, 1.82) is 0 Å². The predicted octanol–water partition coefficient (Wildman–Crippen LogP) is 8.38. The minimum Gasteiger partial charge on any atom is -0.370 e.